The van der Waals surface area contributed by atoms with Gasteiger partial charge in [-0.05, 0) is 35.9 Å². The first-order valence-corrected chi connectivity index (χ1v) is 5.85. The molecule has 2 heteroatoms. The maximum Gasteiger partial charge on any atom is 0.0407 e. The first kappa shape index (κ1) is 11.7. The van der Waals surface area contributed by atoms with Crippen LogP contribution in [0.2, 0.25) is 5.02 Å². The molecule has 0 saturated heterocycles. The molecule has 0 heterocycles. The summed E-state index contributed by atoms with van der Waals surface area (Å²) in [7, 11) is 2.02. The van der Waals surface area contributed by atoms with Gasteiger partial charge >= 0.3 is 0 Å². The van der Waals surface area contributed by atoms with E-state index in [2.05, 4.69) is 23.1 Å². The topological polar surface area (TPSA) is 3.24 Å². The highest BCUT2D eigenvalue weighted by Crippen LogP contribution is 2.17. The van der Waals surface area contributed by atoms with Crippen molar-refractivity contribution in [2.24, 2.45) is 0 Å². The summed E-state index contributed by atoms with van der Waals surface area (Å²) in [5.41, 5.74) is 2.30. The van der Waals surface area contributed by atoms with Gasteiger partial charge in [-0.2, -0.15) is 0 Å². The second-order valence-electron chi connectivity index (χ2n) is 3.81. The van der Waals surface area contributed by atoms with E-state index in [4.69, 9.17) is 11.6 Å². The van der Waals surface area contributed by atoms with Crippen LogP contribution in [0.5, 0.6) is 0 Å². The highest BCUT2D eigenvalue weighted by atomic mass is 35.5. The number of nitrogens with zero attached hydrogens (tertiary/aromatic N) is 1. The molecule has 0 fully saturated rings. The van der Waals surface area contributed by atoms with Crippen molar-refractivity contribution in [1.29, 1.82) is 0 Å². The van der Waals surface area contributed by atoms with Gasteiger partial charge in [0.1, 0.15) is 0 Å². The molecule has 0 amide bonds. The molecular weight excluding hydrogens is 230 g/mol. The first-order valence-electron chi connectivity index (χ1n) is 5.47. The van der Waals surface area contributed by atoms with Crippen LogP contribution in [0, 0.1) is 0 Å². The minimum absolute atomic E-state index is 0.759. The molecule has 86 valence electrons. The Hall–Kier alpha value is -1.73. The average molecular weight is 244 g/mol. The molecule has 0 spiro atoms. The van der Waals surface area contributed by atoms with Crippen LogP contribution < -0.4 is 4.90 Å². The van der Waals surface area contributed by atoms with Crippen molar-refractivity contribution in [3.63, 3.8) is 0 Å². The Morgan fingerprint density at radius 3 is 2.24 bits per heavy atom. The van der Waals surface area contributed by atoms with Crippen LogP contribution in [0.3, 0.4) is 0 Å². The number of halogens is 1. The molecule has 0 N–H and O–H groups in total. The Kier molecular flexibility index (Phi) is 3.84. The zero-order valence-corrected chi connectivity index (χ0v) is 10.4. The fraction of sp³-hybridized carbons (Fsp3) is 0.0667. The molecular formula is C15H14ClN. The minimum Gasteiger partial charge on any atom is -0.351 e. The van der Waals surface area contributed by atoms with Gasteiger partial charge in [0.15, 0.2) is 0 Å². The van der Waals surface area contributed by atoms with Gasteiger partial charge < -0.3 is 4.90 Å². The summed E-state index contributed by atoms with van der Waals surface area (Å²) < 4.78 is 0. The van der Waals surface area contributed by atoms with E-state index in [9.17, 15) is 0 Å². The third kappa shape index (κ3) is 3.36. The fourth-order valence-electron chi connectivity index (χ4n) is 1.52. The van der Waals surface area contributed by atoms with E-state index >= 15 is 0 Å². The normalized spacial score (nSPS) is 10.7. The van der Waals surface area contributed by atoms with E-state index < -0.39 is 0 Å². The van der Waals surface area contributed by atoms with Gasteiger partial charge in [0.05, 0.1) is 0 Å². The predicted octanol–water partition coefficient (Wildman–Crippen LogP) is 4.45. The summed E-state index contributed by atoms with van der Waals surface area (Å²) >= 11 is 5.85. The Balaban J connectivity index is 2.09. The minimum atomic E-state index is 0.759. The lowest BCUT2D eigenvalue weighted by atomic mass is 10.2. The number of benzene rings is 2. The zero-order chi connectivity index (χ0) is 12.1. The molecule has 1 nitrogen and oxygen atoms in total. The molecule has 2 rings (SSSR count). The van der Waals surface area contributed by atoms with Crippen LogP contribution in [0.25, 0.3) is 6.08 Å². The van der Waals surface area contributed by atoms with Crippen LogP contribution in [0.15, 0.2) is 60.8 Å². The number of hydrogen-bond donors (Lipinski definition) is 0. The molecule has 0 saturated carbocycles. The van der Waals surface area contributed by atoms with Gasteiger partial charge in [-0.3, -0.25) is 0 Å². The summed E-state index contributed by atoms with van der Waals surface area (Å²) in [6, 6.07) is 18.0. The zero-order valence-electron chi connectivity index (χ0n) is 9.68. The fourth-order valence-corrected chi connectivity index (χ4v) is 1.65. The van der Waals surface area contributed by atoms with Gasteiger partial charge in [0.25, 0.3) is 0 Å². The molecule has 0 aliphatic carbocycles. The molecule has 0 unspecified atom stereocenters. The molecule has 0 radical (unpaired) electrons. The van der Waals surface area contributed by atoms with Gasteiger partial charge in [-0.15, -0.1) is 0 Å². The van der Waals surface area contributed by atoms with Crippen molar-refractivity contribution < 1.29 is 0 Å². The van der Waals surface area contributed by atoms with E-state index in [1.165, 1.54) is 5.56 Å². The highest BCUT2D eigenvalue weighted by molar-refractivity contribution is 6.30. The smallest absolute Gasteiger partial charge is 0.0407 e. The summed E-state index contributed by atoms with van der Waals surface area (Å²) in [4.78, 5) is 2.06. The van der Waals surface area contributed by atoms with Crippen molar-refractivity contribution in [3.05, 3.63) is 71.4 Å². The lowest BCUT2D eigenvalue weighted by molar-refractivity contribution is 1.21. The number of anilines is 1. The Morgan fingerprint density at radius 1 is 0.941 bits per heavy atom. The second kappa shape index (κ2) is 5.55. The van der Waals surface area contributed by atoms with Crippen molar-refractivity contribution in [3.8, 4) is 0 Å². The van der Waals surface area contributed by atoms with Crippen molar-refractivity contribution >= 4 is 23.4 Å². The molecule has 0 aliphatic heterocycles. The van der Waals surface area contributed by atoms with Crippen molar-refractivity contribution in [2.75, 3.05) is 11.9 Å². The molecule has 2 aromatic rings. The van der Waals surface area contributed by atoms with E-state index in [1.54, 1.807) is 0 Å². The number of hydrogen-bond acceptors (Lipinski definition) is 1. The van der Waals surface area contributed by atoms with Crippen LogP contribution in [-0.4, -0.2) is 7.05 Å². The molecule has 0 atom stereocenters. The maximum atomic E-state index is 5.85. The van der Waals surface area contributed by atoms with Gasteiger partial charge in [0.2, 0.25) is 0 Å². The van der Waals surface area contributed by atoms with Gasteiger partial charge in [-0.25, -0.2) is 0 Å². The molecule has 0 aromatic heterocycles. The van der Waals surface area contributed by atoms with E-state index in [0.29, 0.717) is 0 Å². The standard InChI is InChI=1S/C15H14ClN/c1-17(15-9-7-14(16)8-10-15)12-11-13-5-3-2-4-6-13/h2-12H,1H3/b12-11+. The molecule has 17 heavy (non-hydrogen) atoms. The number of rotatable bonds is 3. The predicted molar refractivity (Wildman–Crippen MR) is 75.3 cm³/mol. The van der Waals surface area contributed by atoms with Crippen molar-refractivity contribution in [2.45, 2.75) is 0 Å². The summed E-state index contributed by atoms with van der Waals surface area (Å²) in [5.74, 6) is 0. The summed E-state index contributed by atoms with van der Waals surface area (Å²) in [6.07, 6.45) is 4.12. The largest absolute Gasteiger partial charge is 0.351 e. The van der Waals surface area contributed by atoms with Gasteiger partial charge in [-0.1, -0.05) is 41.9 Å². The van der Waals surface area contributed by atoms with E-state index in [-0.39, 0.29) is 0 Å². The second-order valence-corrected chi connectivity index (χ2v) is 4.25. The van der Waals surface area contributed by atoms with Crippen LogP contribution in [0.1, 0.15) is 5.56 Å². The van der Waals surface area contributed by atoms with Crippen LogP contribution >= 0.6 is 11.6 Å². The Morgan fingerprint density at radius 2 is 1.59 bits per heavy atom. The third-order valence-electron chi connectivity index (χ3n) is 2.52. The monoisotopic (exact) mass is 243 g/mol. The molecule has 0 bridgehead atoms. The Labute approximate surface area is 107 Å². The lowest BCUT2D eigenvalue weighted by Crippen LogP contribution is -2.06. The Bertz CT molecular complexity index is 488. The van der Waals surface area contributed by atoms with Crippen LogP contribution in [-0.2, 0) is 0 Å². The third-order valence-corrected chi connectivity index (χ3v) is 2.78. The van der Waals surface area contributed by atoms with Gasteiger partial charge in [0, 0.05) is 24.0 Å². The summed E-state index contributed by atoms with van der Waals surface area (Å²) in [5, 5.41) is 0.759. The summed E-state index contributed by atoms with van der Waals surface area (Å²) in [6.45, 7) is 0. The highest BCUT2D eigenvalue weighted by Gasteiger charge is 1.95. The maximum absolute atomic E-state index is 5.85. The van der Waals surface area contributed by atoms with E-state index in [0.717, 1.165) is 10.7 Å². The molecule has 0 aliphatic rings. The van der Waals surface area contributed by atoms with Crippen molar-refractivity contribution in [1.82, 2.24) is 0 Å². The molecule has 2 aromatic carbocycles. The average Bonchev–Trinajstić information content (AvgIpc) is 2.38. The van der Waals surface area contributed by atoms with Crippen LogP contribution in [0.4, 0.5) is 5.69 Å². The van der Waals surface area contributed by atoms with E-state index in [1.807, 2.05) is 55.7 Å². The first-order chi connectivity index (χ1) is 8.25. The lowest BCUT2D eigenvalue weighted by Gasteiger charge is -2.13. The SMILES string of the molecule is CN(/C=C/c1ccccc1)c1ccc(Cl)cc1. The quantitative estimate of drug-likeness (QED) is 0.770.